The van der Waals surface area contributed by atoms with E-state index in [1.54, 1.807) is 28.4 Å². The number of nitrogens with two attached hydrogens (primary N) is 1. The van der Waals surface area contributed by atoms with Crippen LogP contribution in [0.3, 0.4) is 0 Å². The fourth-order valence-electron chi connectivity index (χ4n) is 3.82. The minimum absolute atomic E-state index is 0.177. The number of fused-ring (bicyclic) bond motifs is 3. The van der Waals surface area contributed by atoms with E-state index in [1.165, 1.54) is 4.68 Å². The number of aryl methyl sites for hydroxylation is 2. The number of hydrogen-bond donors (Lipinski definition) is 2. The lowest BCUT2D eigenvalue weighted by atomic mass is 10.1. The van der Waals surface area contributed by atoms with Gasteiger partial charge in [-0.3, -0.25) is 14.6 Å². The molecule has 0 aliphatic heterocycles. The molecule has 0 amide bonds. The monoisotopic (exact) mass is 435 g/mol. The first-order valence-electron chi connectivity index (χ1n) is 9.67. The highest BCUT2D eigenvalue weighted by molar-refractivity contribution is 7.19. The number of H-pyrrole nitrogens is 1. The molecule has 0 fully saturated rings. The number of rotatable bonds is 6. The van der Waals surface area contributed by atoms with Crippen molar-refractivity contribution in [2.45, 2.75) is 19.4 Å². The fourth-order valence-corrected chi connectivity index (χ4v) is 4.95. The topological polar surface area (TPSA) is 125 Å². The third kappa shape index (κ3) is 3.32. The second kappa shape index (κ2) is 7.20. The summed E-state index contributed by atoms with van der Waals surface area (Å²) in [7, 11) is 3.70. The summed E-state index contributed by atoms with van der Waals surface area (Å²) in [5, 5.41) is 17.6. The SMILES string of the molecule is C=C(N)Cc1cn(C)nc1Cn1ncc2c3sc(Cc4ccn[nH]4)nc3n(C)c2c1=O. The first-order valence-corrected chi connectivity index (χ1v) is 10.5. The predicted molar refractivity (Wildman–Crippen MR) is 119 cm³/mol. The third-order valence-corrected chi connectivity index (χ3v) is 6.26. The molecule has 0 aromatic carbocycles. The Morgan fingerprint density at radius 3 is 2.94 bits per heavy atom. The lowest BCUT2D eigenvalue weighted by Gasteiger charge is -2.06. The predicted octanol–water partition coefficient (Wildman–Crippen LogP) is 1.46. The van der Waals surface area contributed by atoms with Gasteiger partial charge in [0.1, 0.15) is 10.5 Å². The molecule has 11 heteroatoms. The molecule has 0 atom stereocenters. The first kappa shape index (κ1) is 19.2. The van der Waals surface area contributed by atoms with Crippen molar-refractivity contribution in [1.82, 2.24) is 39.3 Å². The molecule has 158 valence electrons. The molecular formula is C20H21N9OS. The largest absolute Gasteiger partial charge is 0.402 e. The van der Waals surface area contributed by atoms with Crippen LogP contribution in [0, 0.1) is 0 Å². The Bertz CT molecular complexity index is 1480. The molecular weight excluding hydrogens is 414 g/mol. The Kier molecular flexibility index (Phi) is 4.47. The molecule has 5 aromatic heterocycles. The van der Waals surface area contributed by atoms with Crippen LogP contribution in [0.15, 0.2) is 41.7 Å². The highest BCUT2D eigenvalue weighted by Crippen LogP contribution is 2.31. The maximum atomic E-state index is 13.3. The van der Waals surface area contributed by atoms with Crippen molar-refractivity contribution in [3.05, 3.63) is 69.2 Å². The van der Waals surface area contributed by atoms with E-state index in [0.29, 0.717) is 24.1 Å². The average Bonchev–Trinajstić information content (AvgIpc) is 3.47. The summed E-state index contributed by atoms with van der Waals surface area (Å²) in [6.45, 7) is 4.03. The van der Waals surface area contributed by atoms with Crippen LogP contribution in [0.25, 0.3) is 21.3 Å². The van der Waals surface area contributed by atoms with Crippen LogP contribution in [-0.2, 0) is 33.5 Å². The van der Waals surface area contributed by atoms with Crippen LogP contribution in [0.5, 0.6) is 0 Å². The number of aromatic amines is 1. The van der Waals surface area contributed by atoms with Gasteiger partial charge in [0, 0.05) is 61.7 Å². The molecule has 0 spiro atoms. The highest BCUT2D eigenvalue weighted by Gasteiger charge is 2.19. The minimum Gasteiger partial charge on any atom is -0.402 e. The summed E-state index contributed by atoms with van der Waals surface area (Å²) in [6, 6.07) is 1.93. The van der Waals surface area contributed by atoms with Gasteiger partial charge in [-0.15, -0.1) is 11.3 Å². The Morgan fingerprint density at radius 1 is 1.35 bits per heavy atom. The van der Waals surface area contributed by atoms with Crippen molar-refractivity contribution in [3.8, 4) is 0 Å². The highest BCUT2D eigenvalue weighted by atomic mass is 32.1. The molecule has 0 aliphatic carbocycles. The molecule has 0 bridgehead atoms. The van der Waals surface area contributed by atoms with E-state index >= 15 is 0 Å². The van der Waals surface area contributed by atoms with Crippen molar-refractivity contribution in [3.63, 3.8) is 0 Å². The molecule has 0 unspecified atom stereocenters. The van der Waals surface area contributed by atoms with Crippen LogP contribution in [0.1, 0.15) is 22.0 Å². The average molecular weight is 436 g/mol. The molecule has 0 radical (unpaired) electrons. The Labute approximate surface area is 180 Å². The number of allylic oxidation sites excluding steroid dienone is 1. The quantitative estimate of drug-likeness (QED) is 0.416. The van der Waals surface area contributed by atoms with Crippen LogP contribution in [0.4, 0.5) is 0 Å². The van der Waals surface area contributed by atoms with Crippen LogP contribution < -0.4 is 11.3 Å². The maximum absolute atomic E-state index is 13.3. The van der Waals surface area contributed by atoms with Gasteiger partial charge >= 0.3 is 0 Å². The third-order valence-electron chi connectivity index (χ3n) is 5.18. The molecule has 31 heavy (non-hydrogen) atoms. The molecule has 10 nitrogen and oxygen atoms in total. The van der Waals surface area contributed by atoms with Crippen LogP contribution in [-0.4, -0.2) is 39.3 Å². The lowest BCUT2D eigenvalue weighted by molar-refractivity contribution is 0.616. The molecule has 5 aromatic rings. The van der Waals surface area contributed by atoms with E-state index in [9.17, 15) is 4.79 Å². The van der Waals surface area contributed by atoms with Gasteiger partial charge < -0.3 is 10.3 Å². The van der Waals surface area contributed by atoms with E-state index < -0.39 is 0 Å². The zero-order valence-corrected chi connectivity index (χ0v) is 18.0. The molecule has 0 saturated carbocycles. The number of nitrogens with zero attached hydrogens (tertiary/aromatic N) is 7. The zero-order valence-electron chi connectivity index (χ0n) is 17.2. The molecule has 0 saturated heterocycles. The Balaban J connectivity index is 1.55. The van der Waals surface area contributed by atoms with Gasteiger partial charge in [0.15, 0.2) is 5.65 Å². The van der Waals surface area contributed by atoms with Crippen molar-refractivity contribution in [1.29, 1.82) is 0 Å². The number of thiazole rings is 1. The normalized spacial score (nSPS) is 11.7. The maximum Gasteiger partial charge on any atom is 0.291 e. The van der Waals surface area contributed by atoms with Crippen LogP contribution in [0.2, 0.25) is 0 Å². The van der Waals surface area contributed by atoms with E-state index in [0.717, 1.165) is 37.7 Å². The number of aromatic nitrogens is 8. The van der Waals surface area contributed by atoms with Gasteiger partial charge in [-0.1, -0.05) is 6.58 Å². The molecule has 0 aliphatic rings. The van der Waals surface area contributed by atoms with E-state index in [4.69, 9.17) is 10.7 Å². The lowest BCUT2D eigenvalue weighted by Crippen LogP contribution is -2.25. The Hall–Kier alpha value is -3.73. The Morgan fingerprint density at radius 2 is 2.19 bits per heavy atom. The van der Waals surface area contributed by atoms with Gasteiger partial charge in [0.25, 0.3) is 5.56 Å². The summed E-state index contributed by atoms with van der Waals surface area (Å²) in [4.78, 5) is 18.0. The molecule has 5 heterocycles. The molecule has 3 N–H and O–H groups in total. The zero-order chi connectivity index (χ0) is 21.7. The second-order valence-electron chi connectivity index (χ2n) is 7.56. The van der Waals surface area contributed by atoms with Gasteiger partial charge in [-0.2, -0.15) is 15.3 Å². The van der Waals surface area contributed by atoms with E-state index in [1.807, 2.05) is 30.9 Å². The van der Waals surface area contributed by atoms with Crippen LogP contribution >= 0.6 is 11.3 Å². The summed E-state index contributed by atoms with van der Waals surface area (Å²) < 4.78 is 5.95. The van der Waals surface area contributed by atoms with Gasteiger partial charge in [-0.05, 0) is 6.07 Å². The van der Waals surface area contributed by atoms with Gasteiger partial charge in [-0.25, -0.2) is 9.67 Å². The van der Waals surface area contributed by atoms with E-state index in [-0.39, 0.29) is 12.1 Å². The fraction of sp³-hybridized carbons (Fsp3) is 0.250. The number of hydrogen-bond acceptors (Lipinski definition) is 7. The van der Waals surface area contributed by atoms with Crippen molar-refractivity contribution in [2.24, 2.45) is 19.8 Å². The number of nitrogens with one attached hydrogen (secondary N) is 1. The van der Waals surface area contributed by atoms with Crippen molar-refractivity contribution >= 4 is 32.6 Å². The molecule has 5 rings (SSSR count). The summed E-state index contributed by atoms with van der Waals surface area (Å²) >= 11 is 1.57. The van der Waals surface area contributed by atoms with Gasteiger partial charge in [0.05, 0.1) is 23.1 Å². The van der Waals surface area contributed by atoms with Gasteiger partial charge in [0.2, 0.25) is 0 Å². The summed E-state index contributed by atoms with van der Waals surface area (Å²) in [5.74, 6) is 0. The summed E-state index contributed by atoms with van der Waals surface area (Å²) in [6.07, 6.45) is 6.52. The summed E-state index contributed by atoms with van der Waals surface area (Å²) in [5.41, 5.74) is 10.2. The smallest absolute Gasteiger partial charge is 0.291 e. The minimum atomic E-state index is -0.177. The van der Waals surface area contributed by atoms with E-state index in [2.05, 4.69) is 27.0 Å². The van der Waals surface area contributed by atoms with Crippen molar-refractivity contribution in [2.75, 3.05) is 0 Å². The first-order chi connectivity index (χ1) is 14.9. The van der Waals surface area contributed by atoms with Crippen molar-refractivity contribution < 1.29 is 0 Å². The standard InChI is InChI=1S/C20H21N9OS/c1-11(21)6-12-9-27(2)26-15(12)10-29-20(30)17-14(8-23-29)18-19(28(17)3)24-16(31-18)7-13-4-5-22-25-13/h4-5,8-9H,1,6-7,10,21H2,2-3H3,(H,22,25). The second-order valence-corrected chi connectivity index (χ2v) is 8.64.